The van der Waals surface area contributed by atoms with Crippen LogP contribution >= 0.6 is 17.9 Å². The summed E-state index contributed by atoms with van der Waals surface area (Å²) in [5.41, 5.74) is -1.91. The molecule has 0 saturated carbocycles. The highest BCUT2D eigenvalue weighted by Gasteiger charge is 2.27. The van der Waals surface area contributed by atoms with E-state index in [1.54, 1.807) is 25.2 Å². The van der Waals surface area contributed by atoms with Crippen molar-refractivity contribution in [3.8, 4) is 0 Å². The maximum absolute atomic E-state index is 5.22. The van der Waals surface area contributed by atoms with Crippen LogP contribution in [-0.4, -0.2) is 19.5 Å². The van der Waals surface area contributed by atoms with E-state index in [2.05, 4.69) is 26.1 Å². The summed E-state index contributed by atoms with van der Waals surface area (Å²) in [4.78, 5) is 0. The quantitative estimate of drug-likeness (QED) is 0.443. The highest BCUT2D eigenvalue weighted by atomic mass is 32.9. The number of thiol groups is 1. The van der Waals surface area contributed by atoms with E-state index < -0.39 is 5.69 Å². The fourth-order valence-corrected chi connectivity index (χ4v) is 5.61. The molecule has 0 N–H and O–H groups in total. The average molecular weight is 229 g/mol. The predicted octanol–water partition coefficient (Wildman–Crippen LogP) is 3.16. The molecule has 5 heteroatoms. The summed E-state index contributed by atoms with van der Waals surface area (Å²) in [5.74, 6) is 0. The molecule has 74 valence electrons. The molecule has 0 aliphatic heterocycles. The summed E-state index contributed by atoms with van der Waals surface area (Å²) in [5, 5.41) is 0.556. The summed E-state index contributed by atoms with van der Waals surface area (Å²) in [6.45, 7) is 4.35. The second-order valence-electron chi connectivity index (χ2n) is 2.54. The van der Waals surface area contributed by atoms with Gasteiger partial charge < -0.3 is 0 Å². The van der Waals surface area contributed by atoms with Crippen molar-refractivity contribution >= 4 is 28.9 Å². The van der Waals surface area contributed by atoms with Gasteiger partial charge in [0.15, 0.2) is 5.25 Å². The standard InChI is InChI=1S/C7H18O2PS2/c1-5-6-7(2)12-10(11,8-3)9-4/h7,11H,5-6H2,1-4H3/q+1. The highest BCUT2D eigenvalue weighted by molar-refractivity contribution is 8.62. The van der Waals surface area contributed by atoms with Crippen LogP contribution < -0.4 is 0 Å². The van der Waals surface area contributed by atoms with Crippen molar-refractivity contribution in [2.45, 2.75) is 31.9 Å². The van der Waals surface area contributed by atoms with Crippen LogP contribution in [0.1, 0.15) is 26.7 Å². The van der Waals surface area contributed by atoms with Crippen LogP contribution in [0.25, 0.3) is 0 Å². The molecule has 0 aromatic rings. The first-order valence-electron chi connectivity index (χ1n) is 3.99. The molecule has 0 heterocycles. The van der Waals surface area contributed by atoms with Gasteiger partial charge in [-0.2, -0.15) is 0 Å². The van der Waals surface area contributed by atoms with Crippen molar-refractivity contribution in [1.82, 2.24) is 0 Å². The molecular weight excluding hydrogens is 211 g/mol. The lowest BCUT2D eigenvalue weighted by Gasteiger charge is -2.04. The van der Waals surface area contributed by atoms with E-state index in [-0.39, 0.29) is 0 Å². The van der Waals surface area contributed by atoms with E-state index in [0.717, 1.165) is 0 Å². The molecule has 0 aromatic carbocycles. The molecule has 0 radical (unpaired) electrons. The van der Waals surface area contributed by atoms with Crippen molar-refractivity contribution < 1.29 is 9.05 Å². The highest BCUT2D eigenvalue weighted by Crippen LogP contribution is 2.54. The van der Waals surface area contributed by atoms with Gasteiger partial charge in [-0.3, -0.25) is 9.05 Å². The molecule has 0 saturated heterocycles. The Morgan fingerprint density at radius 3 is 2.25 bits per heavy atom. The van der Waals surface area contributed by atoms with E-state index in [4.69, 9.17) is 9.05 Å². The van der Waals surface area contributed by atoms with Crippen LogP contribution in [0.5, 0.6) is 0 Å². The van der Waals surface area contributed by atoms with E-state index in [0.29, 0.717) is 5.25 Å². The van der Waals surface area contributed by atoms with Crippen molar-refractivity contribution in [3.05, 3.63) is 0 Å². The first-order valence-corrected chi connectivity index (χ1v) is 8.25. The minimum absolute atomic E-state index is 0.556. The lowest BCUT2D eigenvalue weighted by atomic mass is 10.3. The first kappa shape index (κ1) is 12.9. The maximum atomic E-state index is 5.22. The lowest BCUT2D eigenvalue weighted by Crippen LogP contribution is -1.99. The van der Waals surface area contributed by atoms with Gasteiger partial charge in [-0.1, -0.05) is 13.3 Å². The molecule has 1 unspecified atom stereocenters. The summed E-state index contributed by atoms with van der Waals surface area (Å²) in [6.07, 6.45) is 2.37. The normalized spacial score (nSPS) is 14.4. The largest absolute Gasteiger partial charge is 0.431 e. The molecule has 0 rings (SSSR count). The number of rotatable bonds is 5. The smallest absolute Gasteiger partial charge is 0.292 e. The minimum Gasteiger partial charge on any atom is -0.292 e. The van der Waals surface area contributed by atoms with Crippen molar-refractivity contribution in [2.75, 3.05) is 14.2 Å². The Hall–Kier alpha value is 0.920. The Balaban J connectivity index is 4.26. The molecule has 0 bridgehead atoms. The summed E-state index contributed by atoms with van der Waals surface area (Å²) < 4.78 is 10.4. The van der Waals surface area contributed by atoms with Gasteiger partial charge in [0.2, 0.25) is 10.9 Å². The molecule has 0 aliphatic rings. The average Bonchev–Trinajstić information content (AvgIpc) is 2.05. The minimum atomic E-state index is -1.91. The molecule has 1 atom stereocenters. The lowest BCUT2D eigenvalue weighted by molar-refractivity contribution is 0.354. The number of hydrogen-bond donors (Lipinski definition) is 1. The van der Waals surface area contributed by atoms with Crippen molar-refractivity contribution in [1.29, 1.82) is 0 Å². The van der Waals surface area contributed by atoms with Crippen LogP contribution in [0, 0.1) is 0 Å². The maximum Gasteiger partial charge on any atom is 0.431 e. The Bertz CT molecular complexity index is 165. The zero-order valence-electron chi connectivity index (χ0n) is 8.11. The second kappa shape index (κ2) is 6.39. The summed E-state index contributed by atoms with van der Waals surface area (Å²) >= 11 is 4.38. The summed E-state index contributed by atoms with van der Waals surface area (Å²) in [6, 6.07) is 0. The van der Waals surface area contributed by atoms with E-state index >= 15 is 0 Å². The Morgan fingerprint density at radius 1 is 1.42 bits per heavy atom. The van der Waals surface area contributed by atoms with Gasteiger partial charge in [-0.15, -0.1) is 0 Å². The van der Waals surface area contributed by atoms with Crippen LogP contribution in [0.15, 0.2) is 0 Å². The Morgan fingerprint density at radius 2 is 1.92 bits per heavy atom. The van der Waals surface area contributed by atoms with E-state index in [1.165, 1.54) is 12.8 Å². The first-order chi connectivity index (χ1) is 5.58. The third kappa shape index (κ3) is 4.83. The monoisotopic (exact) mass is 229 g/mol. The van der Waals surface area contributed by atoms with Crippen LogP contribution in [0.4, 0.5) is 0 Å². The van der Waals surface area contributed by atoms with Crippen LogP contribution in [0.3, 0.4) is 0 Å². The van der Waals surface area contributed by atoms with Gasteiger partial charge in [0.05, 0.1) is 0 Å². The van der Waals surface area contributed by atoms with Gasteiger partial charge >= 0.3 is 5.69 Å². The molecule has 0 fully saturated rings. The topological polar surface area (TPSA) is 18.5 Å². The van der Waals surface area contributed by atoms with E-state index in [1.807, 2.05) is 0 Å². The van der Waals surface area contributed by atoms with Gasteiger partial charge in [0, 0.05) is 20.6 Å². The number of hydrogen-bond acceptors (Lipinski definition) is 2. The molecule has 0 aliphatic carbocycles. The fraction of sp³-hybridized carbons (Fsp3) is 1.00. The van der Waals surface area contributed by atoms with Gasteiger partial charge in [0.25, 0.3) is 0 Å². The second-order valence-corrected chi connectivity index (χ2v) is 9.69. The molecule has 0 aromatic heterocycles. The van der Waals surface area contributed by atoms with Gasteiger partial charge in [-0.05, 0) is 19.2 Å². The SMILES string of the molecule is CCCC(C)[S+]=P(S)(OC)OC. The molecule has 12 heavy (non-hydrogen) atoms. The van der Waals surface area contributed by atoms with Crippen LogP contribution in [-0.2, 0) is 20.0 Å². The molecule has 2 nitrogen and oxygen atoms in total. The Labute approximate surface area is 84.3 Å². The Kier molecular flexibility index (Phi) is 6.87. The fourth-order valence-electron chi connectivity index (χ4n) is 0.847. The zero-order valence-corrected chi connectivity index (χ0v) is 10.7. The van der Waals surface area contributed by atoms with E-state index in [9.17, 15) is 0 Å². The molecule has 0 spiro atoms. The van der Waals surface area contributed by atoms with Gasteiger partial charge in [0.1, 0.15) is 0 Å². The zero-order chi connectivity index (χ0) is 9.61. The van der Waals surface area contributed by atoms with Crippen LogP contribution in [0.2, 0.25) is 0 Å². The third-order valence-electron chi connectivity index (χ3n) is 1.47. The van der Waals surface area contributed by atoms with Gasteiger partial charge in [-0.25, -0.2) is 0 Å². The predicted molar refractivity (Wildman–Crippen MR) is 61.7 cm³/mol. The van der Waals surface area contributed by atoms with Crippen molar-refractivity contribution in [2.24, 2.45) is 0 Å². The summed E-state index contributed by atoms with van der Waals surface area (Å²) in [7, 11) is 5.00. The molecular formula is C7H18O2PS2+. The van der Waals surface area contributed by atoms with Crippen molar-refractivity contribution in [3.63, 3.8) is 0 Å². The third-order valence-corrected chi connectivity index (χ3v) is 7.86. The molecule has 0 amide bonds.